The van der Waals surface area contributed by atoms with Crippen LogP contribution < -0.4 is 9.80 Å². The van der Waals surface area contributed by atoms with Gasteiger partial charge in [-0.15, -0.1) is 0 Å². The molecule has 0 unspecified atom stereocenters. The van der Waals surface area contributed by atoms with E-state index in [-0.39, 0.29) is 0 Å². The summed E-state index contributed by atoms with van der Waals surface area (Å²) in [5, 5.41) is 7.49. The molecule has 0 heterocycles. The van der Waals surface area contributed by atoms with E-state index in [4.69, 9.17) is 0 Å². The van der Waals surface area contributed by atoms with Crippen molar-refractivity contribution in [2.75, 3.05) is 9.80 Å². The number of hydrogen-bond donors (Lipinski definition) is 0. The van der Waals surface area contributed by atoms with Crippen LogP contribution in [0, 0.1) is 41.5 Å². The van der Waals surface area contributed by atoms with Crippen LogP contribution >= 0.6 is 0 Å². The molecular formula is C84H64N2. The topological polar surface area (TPSA) is 6.48 Å². The molecule has 2 nitrogen and oxygen atoms in total. The van der Waals surface area contributed by atoms with Gasteiger partial charge in [0.1, 0.15) is 0 Å². The molecule has 0 bridgehead atoms. The van der Waals surface area contributed by atoms with Crippen molar-refractivity contribution in [2.24, 2.45) is 0 Å². The van der Waals surface area contributed by atoms with E-state index in [1.807, 2.05) is 0 Å². The minimum absolute atomic E-state index is 0.560. The molecule has 2 aliphatic carbocycles. The minimum atomic E-state index is -0.560. The molecule has 0 N–H and O–H groups in total. The van der Waals surface area contributed by atoms with Crippen LogP contribution in [0.15, 0.2) is 279 Å². The molecule has 2 aliphatic rings. The lowest BCUT2D eigenvalue weighted by atomic mass is 9.66. The number of aryl methyl sites for hydroxylation is 6. The normalized spacial score (nSPS) is 13.4. The molecule has 0 fully saturated rings. The van der Waals surface area contributed by atoms with Crippen molar-refractivity contribution in [1.82, 2.24) is 0 Å². The summed E-state index contributed by atoms with van der Waals surface area (Å²) in [5.41, 5.74) is 28.5. The molecule has 0 aromatic heterocycles. The van der Waals surface area contributed by atoms with Crippen LogP contribution in [0.25, 0.3) is 54.6 Å². The van der Waals surface area contributed by atoms with Crippen molar-refractivity contribution in [3.8, 4) is 22.3 Å². The van der Waals surface area contributed by atoms with Crippen molar-refractivity contribution in [2.45, 2.75) is 52.4 Å². The van der Waals surface area contributed by atoms with Gasteiger partial charge in [0.15, 0.2) is 0 Å². The van der Waals surface area contributed by atoms with E-state index in [9.17, 15) is 0 Å². The SMILES string of the molecule is Cc1cccc(N(c2cccc(C3(c4ccccc4C)c4ccccc4-c4ccccc43)c2)c2cc(C)c3ccc4c(N(c5cccc(C)c5)c5cccc(C6(c7ccccc7C)c7ccccc7-c7ccccc76)c5)cc(C)c5ccc2c3c54)c1. The second-order valence-electron chi connectivity index (χ2n) is 24.3. The summed E-state index contributed by atoms with van der Waals surface area (Å²) in [6, 6.07) is 106. The Balaban J connectivity index is 0.934. The molecule has 2 heteroatoms. The van der Waals surface area contributed by atoms with Crippen LogP contribution in [-0.4, -0.2) is 0 Å². The van der Waals surface area contributed by atoms with Gasteiger partial charge < -0.3 is 9.80 Å². The Morgan fingerprint density at radius 1 is 0.233 bits per heavy atom. The molecule has 0 atom stereocenters. The summed E-state index contributed by atoms with van der Waals surface area (Å²) in [7, 11) is 0. The third-order valence-electron chi connectivity index (χ3n) is 19.3. The van der Waals surface area contributed by atoms with E-state index in [0.717, 1.165) is 34.1 Å². The van der Waals surface area contributed by atoms with Crippen LogP contribution in [0.2, 0.25) is 0 Å². The third kappa shape index (κ3) is 7.39. The molecule has 14 aromatic carbocycles. The highest BCUT2D eigenvalue weighted by molar-refractivity contribution is 6.29. The number of benzene rings is 14. The fourth-order valence-corrected chi connectivity index (χ4v) is 15.8. The van der Waals surface area contributed by atoms with E-state index >= 15 is 0 Å². The molecule has 0 saturated heterocycles. The summed E-state index contributed by atoms with van der Waals surface area (Å²) in [6.07, 6.45) is 0. The first-order chi connectivity index (χ1) is 42.1. The van der Waals surface area contributed by atoms with E-state index in [2.05, 4.69) is 330 Å². The molecule has 14 aromatic rings. The molecule has 0 radical (unpaired) electrons. The van der Waals surface area contributed by atoms with E-state index in [1.165, 1.54) is 132 Å². The lowest BCUT2D eigenvalue weighted by Gasteiger charge is -2.36. The maximum Gasteiger partial charge on any atom is 0.0716 e. The van der Waals surface area contributed by atoms with Crippen LogP contribution in [-0.2, 0) is 10.8 Å². The van der Waals surface area contributed by atoms with Gasteiger partial charge in [0, 0.05) is 33.5 Å². The molecule has 16 rings (SSSR count). The average molecular weight is 1100 g/mol. The largest absolute Gasteiger partial charge is 0.310 e. The van der Waals surface area contributed by atoms with Crippen LogP contribution in [0.4, 0.5) is 34.1 Å². The quantitative estimate of drug-likeness (QED) is 0.126. The smallest absolute Gasteiger partial charge is 0.0716 e. The second-order valence-corrected chi connectivity index (χ2v) is 24.3. The number of fused-ring (bicyclic) bond motifs is 6. The Bertz CT molecular complexity index is 4650. The lowest BCUT2D eigenvalue weighted by molar-refractivity contribution is 0.761. The Kier molecular flexibility index (Phi) is 11.7. The maximum absolute atomic E-state index is 2.54. The zero-order chi connectivity index (χ0) is 58.0. The summed E-state index contributed by atoms with van der Waals surface area (Å²) >= 11 is 0. The Hall–Kier alpha value is -10.3. The van der Waals surface area contributed by atoms with Gasteiger partial charge in [0.05, 0.1) is 22.2 Å². The van der Waals surface area contributed by atoms with Crippen LogP contribution in [0.3, 0.4) is 0 Å². The third-order valence-corrected chi connectivity index (χ3v) is 19.3. The average Bonchev–Trinajstić information content (AvgIpc) is 1.49. The monoisotopic (exact) mass is 1100 g/mol. The lowest BCUT2D eigenvalue weighted by Crippen LogP contribution is -2.29. The zero-order valence-electron chi connectivity index (χ0n) is 49.5. The van der Waals surface area contributed by atoms with Gasteiger partial charge in [-0.25, -0.2) is 0 Å². The van der Waals surface area contributed by atoms with Crippen molar-refractivity contribution < 1.29 is 0 Å². The van der Waals surface area contributed by atoms with Crippen molar-refractivity contribution in [3.05, 3.63) is 357 Å². The molecular weight excluding hydrogens is 1040 g/mol. The van der Waals surface area contributed by atoms with Gasteiger partial charge >= 0.3 is 0 Å². The van der Waals surface area contributed by atoms with Gasteiger partial charge in [0.25, 0.3) is 0 Å². The molecule has 0 spiro atoms. The van der Waals surface area contributed by atoms with Gasteiger partial charge in [-0.05, 0) is 224 Å². The summed E-state index contributed by atoms with van der Waals surface area (Å²) < 4.78 is 0. The van der Waals surface area contributed by atoms with Crippen molar-refractivity contribution in [3.63, 3.8) is 0 Å². The minimum Gasteiger partial charge on any atom is -0.310 e. The number of anilines is 6. The predicted molar refractivity (Wildman–Crippen MR) is 363 cm³/mol. The fourth-order valence-electron chi connectivity index (χ4n) is 15.8. The maximum atomic E-state index is 2.54. The predicted octanol–water partition coefficient (Wildman–Crippen LogP) is 22.1. The first kappa shape index (κ1) is 51.4. The van der Waals surface area contributed by atoms with Crippen LogP contribution in [0.1, 0.15) is 77.9 Å². The molecule has 0 amide bonds. The first-order valence-electron chi connectivity index (χ1n) is 30.3. The standard InChI is InChI=1S/C84H64N2/c1-53-23-19-29-61(47-53)85(63-31-21-27-59(51-63)83(73-37-13-7-25-55(73)3)75-39-15-9-33-67(75)68-34-10-16-40-76(68)83)79-49-57(5)65-44-46-72-80(50-58(6)66-43-45-71(79)81(65)82(66)72)86(62-30-20-24-54(2)48-62)64-32-22-28-60(52-64)84(74-38-14-8-26-56(74)4)77-41-17-11-35-69(77)70-36-12-18-42-78(70)84/h7-52H,1-6H3. The number of rotatable bonds is 10. The Morgan fingerprint density at radius 2 is 0.535 bits per heavy atom. The summed E-state index contributed by atoms with van der Waals surface area (Å²) in [4.78, 5) is 5.07. The number of hydrogen-bond acceptors (Lipinski definition) is 2. The Labute approximate surface area is 504 Å². The van der Waals surface area contributed by atoms with Crippen molar-refractivity contribution in [1.29, 1.82) is 0 Å². The van der Waals surface area contributed by atoms with E-state index in [1.54, 1.807) is 0 Å². The van der Waals surface area contributed by atoms with Gasteiger partial charge in [-0.3, -0.25) is 0 Å². The fraction of sp³-hybridized carbons (Fsp3) is 0.0952. The molecule has 86 heavy (non-hydrogen) atoms. The summed E-state index contributed by atoms with van der Waals surface area (Å²) in [5.74, 6) is 0. The highest BCUT2D eigenvalue weighted by Crippen LogP contribution is 2.60. The molecule has 0 aliphatic heterocycles. The number of nitrogens with zero attached hydrogens (tertiary/aromatic N) is 2. The van der Waals surface area contributed by atoms with E-state index < -0.39 is 10.8 Å². The van der Waals surface area contributed by atoms with Gasteiger partial charge in [-0.2, -0.15) is 0 Å². The molecule has 410 valence electrons. The highest BCUT2D eigenvalue weighted by Gasteiger charge is 2.48. The van der Waals surface area contributed by atoms with Crippen LogP contribution in [0.5, 0.6) is 0 Å². The Morgan fingerprint density at radius 3 is 0.884 bits per heavy atom. The molecule has 0 saturated carbocycles. The van der Waals surface area contributed by atoms with Crippen molar-refractivity contribution >= 4 is 66.4 Å². The summed E-state index contributed by atoms with van der Waals surface area (Å²) in [6.45, 7) is 13.6. The second kappa shape index (κ2) is 19.7. The van der Waals surface area contributed by atoms with Gasteiger partial charge in [-0.1, -0.05) is 218 Å². The zero-order valence-corrected chi connectivity index (χ0v) is 49.5. The highest BCUT2D eigenvalue weighted by atomic mass is 15.2. The van der Waals surface area contributed by atoms with Gasteiger partial charge in [0.2, 0.25) is 0 Å². The first-order valence-corrected chi connectivity index (χ1v) is 30.3. The van der Waals surface area contributed by atoms with E-state index in [0.29, 0.717) is 0 Å².